The number of nitrogens with zero attached hydrogens (tertiary/aromatic N) is 3. The molecule has 3 rings (SSSR count). The van der Waals surface area contributed by atoms with Crippen LogP contribution in [0.2, 0.25) is 0 Å². The Kier molecular flexibility index (Phi) is 3.58. The van der Waals surface area contributed by atoms with Crippen molar-refractivity contribution in [2.24, 2.45) is 7.05 Å². The van der Waals surface area contributed by atoms with E-state index in [1.807, 2.05) is 36.0 Å². The summed E-state index contributed by atoms with van der Waals surface area (Å²) in [5.74, 6) is 3.02. The van der Waals surface area contributed by atoms with E-state index in [0.717, 1.165) is 11.6 Å². The van der Waals surface area contributed by atoms with Crippen molar-refractivity contribution in [3.05, 3.63) is 35.9 Å². The van der Waals surface area contributed by atoms with E-state index in [0.29, 0.717) is 24.0 Å². The fourth-order valence-electron chi connectivity index (χ4n) is 2.68. The summed E-state index contributed by atoms with van der Waals surface area (Å²) in [5, 5.41) is 4.52. The number of nitrogens with two attached hydrogens (primary N) is 1. The van der Waals surface area contributed by atoms with E-state index in [2.05, 4.69) is 10.1 Å². The summed E-state index contributed by atoms with van der Waals surface area (Å²) in [6.07, 6.45) is 4.98. The molecular formula is C15H20N4O. The maximum absolute atomic E-state index is 5.86. The van der Waals surface area contributed by atoms with Gasteiger partial charge >= 0.3 is 0 Å². The van der Waals surface area contributed by atoms with Crippen LogP contribution >= 0.6 is 0 Å². The Bertz CT molecular complexity index is 587. The first-order valence-corrected chi connectivity index (χ1v) is 7.11. The molecule has 0 bridgehead atoms. The van der Waals surface area contributed by atoms with E-state index >= 15 is 0 Å². The first-order chi connectivity index (χ1) is 9.74. The molecule has 106 valence electrons. The molecule has 2 aromatic rings. The Hall–Kier alpha value is -2.04. The Morgan fingerprint density at radius 2 is 2.05 bits per heavy atom. The van der Waals surface area contributed by atoms with E-state index in [1.54, 1.807) is 0 Å². The van der Waals surface area contributed by atoms with Gasteiger partial charge in [-0.15, -0.1) is 0 Å². The number of anilines is 1. The molecule has 5 nitrogen and oxygen atoms in total. The molecule has 5 heteroatoms. The second-order valence-electron chi connectivity index (χ2n) is 5.32. The van der Waals surface area contributed by atoms with Gasteiger partial charge in [-0.05, 0) is 25.0 Å². The number of hydrogen-bond donors (Lipinski definition) is 1. The molecule has 0 atom stereocenters. The van der Waals surface area contributed by atoms with Gasteiger partial charge in [-0.25, -0.2) is 9.67 Å². The highest BCUT2D eigenvalue weighted by Crippen LogP contribution is 2.32. The first-order valence-electron chi connectivity index (χ1n) is 7.11. The average molecular weight is 272 g/mol. The molecule has 1 fully saturated rings. The van der Waals surface area contributed by atoms with Gasteiger partial charge in [0, 0.05) is 13.0 Å². The zero-order valence-corrected chi connectivity index (χ0v) is 11.7. The van der Waals surface area contributed by atoms with Crippen molar-refractivity contribution < 1.29 is 4.74 Å². The van der Waals surface area contributed by atoms with Crippen LogP contribution in [0.25, 0.3) is 0 Å². The van der Waals surface area contributed by atoms with Crippen molar-refractivity contribution in [3.63, 3.8) is 0 Å². The highest BCUT2D eigenvalue weighted by Gasteiger charge is 2.22. The summed E-state index contributed by atoms with van der Waals surface area (Å²) >= 11 is 0. The van der Waals surface area contributed by atoms with Gasteiger partial charge in [0.15, 0.2) is 11.6 Å². The number of benzene rings is 1. The van der Waals surface area contributed by atoms with Crippen LogP contribution in [0.15, 0.2) is 24.3 Å². The van der Waals surface area contributed by atoms with Gasteiger partial charge in [0.05, 0.1) is 5.69 Å². The van der Waals surface area contributed by atoms with E-state index in [-0.39, 0.29) is 0 Å². The summed E-state index contributed by atoms with van der Waals surface area (Å²) < 4.78 is 7.54. The standard InChI is InChI=1S/C15H20N4O/c1-19-14(10-20-13-9-5-4-8-12(13)16)17-15(18-19)11-6-2-3-7-11/h4-5,8-9,11H,2-3,6-7,10,16H2,1H3. The van der Waals surface area contributed by atoms with E-state index < -0.39 is 0 Å². The van der Waals surface area contributed by atoms with E-state index in [9.17, 15) is 0 Å². The van der Waals surface area contributed by atoms with Gasteiger partial charge in [0.2, 0.25) is 0 Å². The van der Waals surface area contributed by atoms with Crippen molar-refractivity contribution >= 4 is 5.69 Å². The summed E-state index contributed by atoms with van der Waals surface area (Å²) in [5.41, 5.74) is 6.50. The molecule has 0 radical (unpaired) electrons. The summed E-state index contributed by atoms with van der Waals surface area (Å²) in [6.45, 7) is 0.393. The molecule has 0 saturated heterocycles. The second-order valence-corrected chi connectivity index (χ2v) is 5.32. The third-order valence-electron chi connectivity index (χ3n) is 3.87. The molecular weight excluding hydrogens is 252 g/mol. The molecule has 1 heterocycles. The molecule has 20 heavy (non-hydrogen) atoms. The van der Waals surface area contributed by atoms with Crippen LogP contribution in [0, 0.1) is 0 Å². The number of aromatic nitrogens is 3. The van der Waals surface area contributed by atoms with Gasteiger partial charge in [0.25, 0.3) is 0 Å². The van der Waals surface area contributed by atoms with Gasteiger partial charge in [-0.2, -0.15) is 5.10 Å². The lowest BCUT2D eigenvalue weighted by Gasteiger charge is -2.07. The zero-order valence-electron chi connectivity index (χ0n) is 11.7. The fourth-order valence-corrected chi connectivity index (χ4v) is 2.68. The Balaban J connectivity index is 1.70. The third kappa shape index (κ3) is 2.61. The third-order valence-corrected chi connectivity index (χ3v) is 3.87. The van der Waals surface area contributed by atoms with Gasteiger partial charge < -0.3 is 10.5 Å². The largest absolute Gasteiger partial charge is 0.483 e. The molecule has 1 aromatic carbocycles. The average Bonchev–Trinajstić information content (AvgIpc) is 3.07. The van der Waals surface area contributed by atoms with Crippen molar-refractivity contribution in [1.29, 1.82) is 0 Å². The van der Waals surface area contributed by atoms with Crippen LogP contribution in [0.3, 0.4) is 0 Å². The van der Waals surface area contributed by atoms with Crippen LogP contribution < -0.4 is 10.5 Å². The Morgan fingerprint density at radius 1 is 1.30 bits per heavy atom. The molecule has 1 aromatic heterocycles. The van der Waals surface area contributed by atoms with E-state index in [4.69, 9.17) is 10.5 Å². The maximum Gasteiger partial charge on any atom is 0.164 e. The smallest absolute Gasteiger partial charge is 0.164 e. The van der Waals surface area contributed by atoms with Crippen LogP contribution in [-0.4, -0.2) is 14.8 Å². The predicted molar refractivity (Wildman–Crippen MR) is 77.4 cm³/mol. The lowest BCUT2D eigenvalue weighted by molar-refractivity contribution is 0.291. The summed E-state index contributed by atoms with van der Waals surface area (Å²) in [7, 11) is 1.92. The molecule has 1 saturated carbocycles. The molecule has 0 spiro atoms. The molecule has 1 aliphatic carbocycles. The highest BCUT2D eigenvalue weighted by molar-refractivity contribution is 5.51. The lowest BCUT2D eigenvalue weighted by Crippen LogP contribution is -2.05. The first kappa shape index (κ1) is 13.0. The second kappa shape index (κ2) is 5.53. The van der Waals surface area contributed by atoms with Crippen LogP contribution in [0.5, 0.6) is 5.75 Å². The number of para-hydroxylation sites is 2. The monoisotopic (exact) mass is 272 g/mol. The minimum atomic E-state index is 0.393. The molecule has 0 unspecified atom stereocenters. The normalized spacial score (nSPS) is 15.7. The SMILES string of the molecule is Cn1nc(C2CCCC2)nc1COc1ccccc1N. The van der Waals surface area contributed by atoms with Crippen LogP contribution in [0.1, 0.15) is 43.3 Å². The molecule has 0 aliphatic heterocycles. The lowest BCUT2D eigenvalue weighted by atomic mass is 10.1. The quantitative estimate of drug-likeness (QED) is 0.869. The highest BCUT2D eigenvalue weighted by atomic mass is 16.5. The number of aryl methyl sites for hydroxylation is 1. The van der Waals surface area contributed by atoms with Crippen molar-refractivity contribution in [1.82, 2.24) is 14.8 Å². The fraction of sp³-hybridized carbons (Fsp3) is 0.467. The van der Waals surface area contributed by atoms with Crippen molar-refractivity contribution in [2.75, 3.05) is 5.73 Å². The summed E-state index contributed by atoms with van der Waals surface area (Å²) in [6, 6.07) is 7.49. The topological polar surface area (TPSA) is 66.0 Å². The van der Waals surface area contributed by atoms with Gasteiger partial charge in [0.1, 0.15) is 12.4 Å². The molecule has 0 amide bonds. The number of rotatable bonds is 4. The predicted octanol–water partition coefficient (Wildman–Crippen LogP) is 2.63. The Morgan fingerprint density at radius 3 is 2.80 bits per heavy atom. The van der Waals surface area contributed by atoms with Gasteiger partial charge in [-0.1, -0.05) is 25.0 Å². The number of nitrogen functional groups attached to an aromatic ring is 1. The Labute approximate surface area is 118 Å². The number of ether oxygens (including phenoxy) is 1. The van der Waals surface area contributed by atoms with Crippen LogP contribution in [-0.2, 0) is 13.7 Å². The maximum atomic E-state index is 5.86. The minimum Gasteiger partial charge on any atom is -0.483 e. The zero-order chi connectivity index (χ0) is 13.9. The van der Waals surface area contributed by atoms with Crippen LogP contribution in [0.4, 0.5) is 5.69 Å². The number of hydrogen-bond acceptors (Lipinski definition) is 4. The minimum absolute atomic E-state index is 0.393. The van der Waals surface area contributed by atoms with Crippen molar-refractivity contribution in [3.8, 4) is 5.75 Å². The summed E-state index contributed by atoms with van der Waals surface area (Å²) in [4.78, 5) is 4.62. The van der Waals surface area contributed by atoms with Crippen molar-refractivity contribution in [2.45, 2.75) is 38.2 Å². The molecule has 2 N–H and O–H groups in total. The molecule has 1 aliphatic rings. The van der Waals surface area contributed by atoms with Gasteiger partial charge in [-0.3, -0.25) is 0 Å². The van der Waals surface area contributed by atoms with E-state index in [1.165, 1.54) is 25.7 Å².